The van der Waals surface area contributed by atoms with Crippen LogP contribution in [-0.2, 0) is 6.42 Å². The molecule has 1 fully saturated rings. The monoisotopic (exact) mass is 374 g/mol. The Morgan fingerprint density at radius 3 is 2.62 bits per heavy atom. The number of benzene rings is 1. The van der Waals surface area contributed by atoms with Gasteiger partial charge in [-0.25, -0.2) is 9.78 Å². The van der Waals surface area contributed by atoms with Crippen molar-refractivity contribution in [2.24, 2.45) is 0 Å². The van der Waals surface area contributed by atoms with Crippen molar-refractivity contribution < 1.29 is 4.79 Å². The summed E-state index contributed by atoms with van der Waals surface area (Å²) in [6.45, 7) is 12.0. The number of amides is 2. The van der Waals surface area contributed by atoms with Gasteiger partial charge in [0.1, 0.15) is 6.17 Å². The Kier molecular flexibility index (Phi) is 6.14. The van der Waals surface area contributed by atoms with E-state index in [9.17, 15) is 4.79 Å². The van der Waals surface area contributed by atoms with Gasteiger partial charge in [-0.2, -0.15) is 0 Å². The van der Waals surface area contributed by atoms with Gasteiger partial charge in [0.15, 0.2) is 5.13 Å². The van der Waals surface area contributed by atoms with Crippen molar-refractivity contribution in [3.8, 4) is 0 Å². The molecule has 0 radical (unpaired) electrons. The molecule has 0 saturated carbocycles. The maximum absolute atomic E-state index is 13.1. The van der Waals surface area contributed by atoms with Crippen LogP contribution in [-0.4, -0.2) is 53.2 Å². The van der Waals surface area contributed by atoms with Crippen molar-refractivity contribution in [3.05, 3.63) is 23.8 Å². The maximum Gasteiger partial charge on any atom is 0.327 e. The average Bonchev–Trinajstić information content (AvgIpc) is 3.18. The smallest absolute Gasteiger partial charge is 0.321 e. The van der Waals surface area contributed by atoms with Gasteiger partial charge < -0.3 is 4.90 Å². The minimum absolute atomic E-state index is 0.0692. The van der Waals surface area contributed by atoms with Crippen LogP contribution in [0.1, 0.15) is 46.1 Å². The number of nitrogens with zero attached hydrogens (tertiary/aromatic N) is 4. The minimum Gasteiger partial charge on any atom is -0.321 e. The lowest BCUT2D eigenvalue weighted by molar-refractivity contribution is 0.207. The van der Waals surface area contributed by atoms with Gasteiger partial charge in [0.05, 0.1) is 16.8 Å². The number of urea groups is 1. The Morgan fingerprint density at radius 2 is 1.96 bits per heavy atom. The van der Waals surface area contributed by atoms with Gasteiger partial charge in [-0.15, -0.1) is 0 Å². The molecule has 2 amide bonds. The first-order chi connectivity index (χ1) is 12.6. The van der Waals surface area contributed by atoms with E-state index in [1.165, 1.54) is 10.3 Å². The lowest BCUT2D eigenvalue weighted by atomic mass is 10.1. The molecular formula is C20H30N4OS. The number of thiazole rings is 1. The molecule has 1 aliphatic rings. The van der Waals surface area contributed by atoms with Gasteiger partial charge in [-0.1, -0.05) is 51.5 Å². The molecule has 0 bridgehead atoms. The average molecular weight is 375 g/mol. The van der Waals surface area contributed by atoms with Crippen LogP contribution in [0.15, 0.2) is 18.2 Å². The first-order valence-electron chi connectivity index (χ1n) is 9.84. The molecule has 1 aromatic heterocycles. The maximum atomic E-state index is 13.1. The van der Waals surface area contributed by atoms with Crippen molar-refractivity contribution in [3.63, 3.8) is 0 Å². The highest BCUT2D eigenvalue weighted by Crippen LogP contribution is 2.34. The number of fused-ring (bicyclic) bond motifs is 1. The van der Waals surface area contributed by atoms with Crippen molar-refractivity contribution in [2.45, 2.75) is 53.1 Å². The molecule has 1 atom stereocenters. The third-order valence-electron chi connectivity index (χ3n) is 5.07. The lowest BCUT2D eigenvalue weighted by Gasteiger charge is -2.30. The second-order valence-electron chi connectivity index (χ2n) is 6.85. The van der Waals surface area contributed by atoms with Crippen LogP contribution in [0.4, 0.5) is 9.93 Å². The fraction of sp³-hybridized carbons (Fsp3) is 0.600. The molecule has 6 heteroatoms. The zero-order valence-electron chi connectivity index (χ0n) is 16.4. The number of aryl methyl sites for hydroxylation is 1. The van der Waals surface area contributed by atoms with E-state index in [1.54, 1.807) is 11.3 Å². The van der Waals surface area contributed by atoms with Gasteiger partial charge in [0, 0.05) is 6.54 Å². The first kappa shape index (κ1) is 19.1. The highest BCUT2D eigenvalue weighted by molar-refractivity contribution is 7.22. The van der Waals surface area contributed by atoms with E-state index in [0.29, 0.717) is 0 Å². The third-order valence-corrected chi connectivity index (χ3v) is 6.09. The van der Waals surface area contributed by atoms with Crippen molar-refractivity contribution in [1.29, 1.82) is 0 Å². The fourth-order valence-electron chi connectivity index (χ4n) is 3.73. The molecule has 0 spiro atoms. The molecule has 3 rings (SSSR count). The molecule has 1 aliphatic heterocycles. The van der Waals surface area contributed by atoms with Gasteiger partial charge in [-0.3, -0.25) is 9.80 Å². The summed E-state index contributed by atoms with van der Waals surface area (Å²) >= 11 is 1.64. The molecule has 1 aromatic carbocycles. The number of likely N-dealkylation sites (N-methyl/N-ethyl adjacent to an activating group) is 1. The van der Waals surface area contributed by atoms with Gasteiger partial charge >= 0.3 is 6.03 Å². The topological polar surface area (TPSA) is 39.7 Å². The summed E-state index contributed by atoms with van der Waals surface area (Å²) in [5.74, 6) is 0. The summed E-state index contributed by atoms with van der Waals surface area (Å²) in [6.07, 6.45) is 3.26. The predicted molar refractivity (Wildman–Crippen MR) is 110 cm³/mol. The van der Waals surface area contributed by atoms with Crippen molar-refractivity contribution in [2.75, 3.05) is 31.1 Å². The Balaban J connectivity index is 1.97. The highest BCUT2D eigenvalue weighted by Gasteiger charge is 2.41. The van der Waals surface area contributed by atoms with E-state index in [-0.39, 0.29) is 12.2 Å². The standard InChI is InChI=1S/C20H30N4OS/c1-5-9-15-10-11-16-17(13-15)26-19(21-16)24-18(22(7-3)8-4)14-23(12-6-2)20(24)25/h10-11,13,18H,5-9,12,14H2,1-4H3. The second-order valence-corrected chi connectivity index (χ2v) is 7.86. The number of carbonyl (C=O) groups excluding carboxylic acids is 1. The van der Waals surface area contributed by atoms with E-state index in [2.05, 4.69) is 50.8 Å². The SMILES string of the molecule is CCCc1ccc2nc(N3C(=O)N(CCC)CC3N(CC)CC)sc2c1. The van der Waals surface area contributed by atoms with Crippen molar-refractivity contribution >= 4 is 32.7 Å². The summed E-state index contributed by atoms with van der Waals surface area (Å²) in [5, 5.41) is 0.828. The quantitative estimate of drug-likeness (QED) is 0.679. The van der Waals surface area contributed by atoms with Gasteiger partial charge in [0.2, 0.25) is 0 Å². The summed E-state index contributed by atoms with van der Waals surface area (Å²) in [6, 6.07) is 6.58. The zero-order chi connectivity index (χ0) is 18.7. The first-order valence-corrected chi connectivity index (χ1v) is 10.7. The summed E-state index contributed by atoms with van der Waals surface area (Å²) < 4.78 is 1.17. The normalized spacial score (nSPS) is 17.9. The molecule has 0 aliphatic carbocycles. The molecule has 26 heavy (non-hydrogen) atoms. The van der Waals surface area contributed by atoms with Crippen LogP contribution in [0.5, 0.6) is 0 Å². The van der Waals surface area contributed by atoms with Crippen molar-refractivity contribution in [1.82, 2.24) is 14.8 Å². The van der Waals surface area contributed by atoms with Crippen LogP contribution in [0.25, 0.3) is 10.2 Å². The van der Waals surface area contributed by atoms with E-state index in [1.807, 2.05) is 9.80 Å². The number of carbonyl (C=O) groups is 1. The Labute approximate surface area is 160 Å². The van der Waals surface area contributed by atoms with E-state index >= 15 is 0 Å². The summed E-state index contributed by atoms with van der Waals surface area (Å²) in [7, 11) is 0. The number of hydrogen-bond acceptors (Lipinski definition) is 4. The zero-order valence-corrected chi connectivity index (χ0v) is 17.2. The van der Waals surface area contributed by atoms with Crippen LogP contribution in [0.2, 0.25) is 0 Å². The molecular weight excluding hydrogens is 344 g/mol. The molecule has 5 nitrogen and oxygen atoms in total. The summed E-state index contributed by atoms with van der Waals surface area (Å²) in [4.78, 5) is 24.1. The van der Waals surface area contributed by atoms with Gasteiger partial charge in [-0.05, 0) is 43.6 Å². The Morgan fingerprint density at radius 1 is 1.19 bits per heavy atom. The van der Waals surface area contributed by atoms with Crippen LogP contribution >= 0.6 is 11.3 Å². The number of aromatic nitrogens is 1. The molecule has 0 N–H and O–H groups in total. The molecule has 142 valence electrons. The summed E-state index contributed by atoms with van der Waals surface area (Å²) in [5.41, 5.74) is 2.33. The third kappa shape index (κ3) is 3.58. The number of rotatable bonds is 8. The van der Waals surface area contributed by atoms with E-state index < -0.39 is 0 Å². The van der Waals surface area contributed by atoms with Crippen LogP contribution < -0.4 is 4.90 Å². The van der Waals surface area contributed by atoms with Crippen LogP contribution in [0.3, 0.4) is 0 Å². The number of hydrogen-bond donors (Lipinski definition) is 0. The Hall–Kier alpha value is -1.66. The van der Waals surface area contributed by atoms with Gasteiger partial charge in [0.25, 0.3) is 0 Å². The Bertz CT molecular complexity index is 755. The fourth-order valence-corrected chi connectivity index (χ4v) is 4.80. The minimum atomic E-state index is 0.0692. The molecule has 2 heterocycles. The van der Waals surface area contributed by atoms with E-state index in [4.69, 9.17) is 4.98 Å². The van der Waals surface area contributed by atoms with E-state index in [0.717, 1.165) is 56.1 Å². The molecule has 1 saturated heterocycles. The number of anilines is 1. The van der Waals surface area contributed by atoms with Crippen LogP contribution in [0, 0.1) is 0 Å². The lowest BCUT2D eigenvalue weighted by Crippen LogP contribution is -2.47. The molecule has 2 aromatic rings. The largest absolute Gasteiger partial charge is 0.327 e. The predicted octanol–water partition coefficient (Wildman–Crippen LogP) is 4.57. The highest BCUT2D eigenvalue weighted by atomic mass is 32.1. The second kappa shape index (κ2) is 8.35. The molecule has 1 unspecified atom stereocenters.